The summed E-state index contributed by atoms with van der Waals surface area (Å²) in [7, 11) is 2.05. The van der Waals surface area contributed by atoms with E-state index in [0.717, 1.165) is 19.5 Å². The first-order valence-electron chi connectivity index (χ1n) is 4.34. The highest BCUT2D eigenvalue weighted by Gasteiger charge is 2.21. The molecule has 1 aliphatic rings. The number of amides is 1. The van der Waals surface area contributed by atoms with E-state index in [-0.39, 0.29) is 5.91 Å². The number of nitrogens with zero attached hydrogens (tertiary/aromatic N) is 1. The Kier molecular flexibility index (Phi) is 3.05. The fourth-order valence-electron chi connectivity index (χ4n) is 1.39. The van der Waals surface area contributed by atoms with Crippen LogP contribution in [0.3, 0.4) is 0 Å². The van der Waals surface area contributed by atoms with E-state index < -0.39 is 6.04 Å². The van der Waals surface area contributed by atoms with Gasteiger partial charge in [-0.1, -0.05) is 0 Å². The number of hydrogen-bond donors (Lipinski definition) is 2. The molecule has 0 spiro atoms. The Labute approximate surface area is 73.1 Å². The monoisotopic (exact) mass is 171 g/mol. The van der Waals surface area contributed by atoms with Gasteiger partial charge in [-0.3, -0.25) is 4.79 Å². The molecule has 2 atom stereocenters. The summed E-state index contributed by atoms with van der Waals surface area (Å²) in [6, 6.07) is -0.0931. The SMILES string of the molecule is C[C@@H](N)C(=O)N[C@H]1CCN(C)C1. The molecular formula is C8H17N3O. The molecule has 0 aromatic heterocycles. The maximum Gasteiger partial charge on any atom is 0.236 e. The molecule has 1 saturated heterocycles. The lowest BCUT2D eigenvalue weighted by Crippen LogP contribution is -2.44. The number of likely N-dealkylation sites (N-methyl/N-ethyl adjacent to an activating group) is 1. The van der Waals surface area contributed by atoms with Crippen LogP contribution in [0.2, 0.25) is 0 Å². The van der Waals surface area contributed by atoms with E-state index >= 15 is 0 Å². The molecule has 0 aromatic carbocycles. The maximum absolute atomic E-state index is 11.2. The van der Waals surface area contributed by atoms with Crippen molar-refractivity contribution in [2.45, 2.75) is 25.4 Å². The van der Waals surface area contributed by atoms with Gasteiger partial charge in [0.05, 0.1) is 6.04 Å². The van der Waals surface area contributed by atoms with Gasteiger partial charge in [-0.05, 0) is 26.9 Å². The molecule has 1 rings (SSSR count). The lowest BCUT2D eigenvalue weighted by molar-refractivity contribution is -0.122. The van der Waals surface area contributed by atoms with Gasteiger partial charge in [-0.2, -0.15) is 0 Å². The van der Waals surface area contributed by atoms with Crippen molar-refractivity contribution in [1.29, 1.82) is 0 Å². The molecule has 1 amide bonds. The van der Waals surface area contributed by atoms with E-state index in [4.69, 9.17) is 5.73 Å². The predicted octanol–water partition coefficient (Wildman–Crippen LogP) is -0.846. The highest BCUT2D eigenvalue weighted by Crippen LogP contribution is 2.05. The number of nitrogens with two attached hydrogens (primary N) is 1. The molecule has 4 heteroatoms. The second-order valence-electron chi connectivity index (χ2n) is 3.55. The van der Waals surface area contributed by atoms with Crippen LogP contribution in [-0.2, 0) is 4.79 Å². The van der Waals surface area contributed by atoms with Crippen molar-refractivity contribution in [3.63, 3.8) is 0 Å². The van der Waals surface area contributed by atoms with Crippen LogP contribution in [0.5, 0.6) is 0 Å². The molecular weight excluding hydrogens is 154 g/mol. The van der Waals surface area contributed by atoms with Crippen molar-refractivity contribution < 1.29 is 4.79 Å². The second kappa shape index (κ2) is 3.87. The second-order valence-corrected chi connectivity index (χ2v) is 3.55. The van der Waals surface area contributed by atoms with Crippen molar-refractivity contribution in [1.82, 2.24) is 10.2 Å². The third kappa shape index (κ3) is 2.46. The first-order chi connectivity index (χ1) is 5.59. The maximum atomic E-state index is 11.2. The third-order valence-corrected chi connectivity index (χ3v) is 2.15. The summed E-state index contributed by atoms with van der Waals surface area (Å²) in [6.07, 6.45) is 1.04. The Morgan fingerprint density at radius 2 is 2.42 bits per heavy atom. The number of rotatable bonds is 2. The summed E-state index contributed by atoms with van der Waals surface area (Å²) in [5.41, 5.74) is 5.42. The van der Waals surface area contributed by atoms with E-state index in [2.05, 4.69) is 17.3 Å². The Morgan fingerprint density at radius 3 is 2.83 bits per heavy atom. The smallest absolute Gasteiger partial charge is 0.236 e. The van der Waals surface area contributed by atoms with Crippen LogP contribution in [0.25, 0.3) is 0 Å². The fraction of sp³-hybridized carbons (Fsp3) is 0.875. The molecule has 3 N–H and O–H groups in total. The molecule has 1 fully saturated rings. The highest BCUT2D eigenvalue weighted by atomic mass is 16.2. The minimum atomic E-state index is -0.393. The Morgan fingerprint density at radius 1 is 1.75 bits per heavy atom. The Bertz CT molecular complexity index is 170. The molecule has 0 radical (unpaired) electrons. The van der Waals surface area contributed by atoms with Gasteiger partial charge in [0.25, 0.3) is 0 Å². The van der Waals surface area contributed by atoms with Gasteiger partial charge in [0, 0.05) is 12.6 Å². The molecule has 1 aliphatic heterocycles. The zero-order valence-corrected chi connectivity index (χ0v) is 7.71. The van der Waals surface area contributed by atoms with E-state index in [9.17, 15) is 4.79 Å². The largest absolute Gasteiger partial charge is 0.351 e. The zero-order valence-electron chi connectivity index (χ0n) is 7.71. The quantitative estimate of drug-likeness (QED) is 0.569. The van der Waals surface area contributed by atoms with Crippen LogP contribution in [0.4, 0.5) is 0 Å². The van der Waals surface area contributed by atoms with Gasteiger partial charge < -0.3 is 16.0 Å². The van der Waals surface area contributed by atoms with Crippen molar-refractivity contribution in [3.05, 3.63) is 0 Å². The van der Waals surface area contributed by atoms with Gasteiger partial charge in [0.15, 0.2) is 0 Å². The molecule has 1 heterocycles. The van der Waals surface area contributed by atoms with Crippen molar-refractivity contribution in [2.75, 3.05) is 20.1 Å². The summed E-state index contributed by atoms with van der Waals surface area (Å²) in [5.74, 6) is -0.0460. The lowest BCUT2D eigenvalue weighted by Gasteiger charge is -2.14. The topological polar surface area (TPSA) is 58.4 Å². The normalized spacial score (nSPS) is 27.1. The third-order valence-electron chi connectivity index (χ3n) is 2.15. The number of hydrogen-bond acceptors (Lipinski definition) is 3. The highest BCUT2D eigenvalue weighted by molar-refractivity contribution is 5.81. The molecule has 12 heavy (non-hydrogen) atoms. The average molecular weight is 171 g/mol. The first kappa shape index (κ1) is 9.48. The van der Waals surface area contributed by atoms with E-state index in [0.29, 0.717) is 6.04 Å². The van der Waals surface area contributed by atoms with Gasteiger partial charge in [-0.25, -0.2) is 0 Å². The van der Waals surface area contributed by atoms with Crippen molar-refractivity contribution >= 4 is 5.91 Å². The lowest BCUT2D eigenvalue weighted by atomic mass is 10.2. The van der Waals surface area contributed by atoms with Crippen LogP contribution in [0.15, 0.2) is 0 Å². The standard InChI is InChI=1S/C8H17N3O/c1-6(9)8(12)10-7-3-4-11(2)5-7/h6-7H,3-5,9H2,1-2H3,(H,10,12)/t6-,7+/m1/s1. The molecule has 0 bridgehead atoms. The number of nitrogens with one attached hydrogen (secondary N) is 1. The first-order valence-corrected chi connectivity index (χ1v) is 4.34. The van der Waals surface area contributed by atoms with Gasteiger partial charge >= 0.3 is 0 Å². The Balaban J connectivity index is 2.28. The van der Waals surface area contributed by atoms with Crippen LogP contribution in [-0.4, -0.2) is 43.0 Å². The van der Waals surface area contributed by atoms with E-state index in [1.54, 1.807) is 6.92 Å². The zero-order chi connectivity index (χ0) is 9.14. The van der Waals surface area contributed by atoms with Gasteiger partial charge in [-0.15, -0.1) is 0 Å². The molecule has 70 valence electrons. The van der Waals surface area contributed by atoms with Crippen LogP contribution >= 0.6 is 0 Å². The van der Waals surface area contributed by atoms with E-state index in [1.807, 2.05) is 0 Å². The predicted molar refractivity (Wildman–Crippen MR) is 47.7 cm³/mol. The average Bonchev–Trinajstić information content (AvgIpc) is 2.35. The molecule has 0 unspecified atom stereocenters. The molecule has 0 aromatic rings. The summed E-state index contributed by atoms with van der Waals surface area (Å²) in [4.78, 5) is 13.4. The molecule has 0 saturated carbocycles. The van der Waals surface area contributed by atoms with Crippen molar-refractivity contribution in [3.8, 4) is 0 Å². The minimum Gasteiger partial charge on any atom is -0.351 e. The summed E-state index contributed by atoms with van der Waals surface area (Å²) >= 11 is 0. The Hall–Kier alpha value is -0.610. The molecule has 0 aliphatic carbocycles. The van der Waals surface area contributed by atoms with E-state index in [1.165, 1.54) is 0 Å². The summed E-state index contributed by atoms with van der Waals surface area (Å²) < 4.78 is 0. The van der Waals surface area contributed by atoms with Crippen molar-refractivity contribution in [2.24, 2.45) is 5.73 Å². The molecule has 4 nitrogen and oxygen atoms in total. The summed E-state index contributed by atoms with van der Waals surface area (Å²) in [5, 5.41) is 2.90. The summed E-state index contributed by atoms with van der Waals surface area (Å²) in [6.45, 7) is 3.70. The number of carbonyl (C=O) groups is 1. The van der Waals surface area contributed by atoms with Gasteiger partial charge in [0.2, 0.25) is 5.91 Å². The van der Waals surface area contributed by atoms with Crippen LogP contribution in [0, 0.1) is 0 Å². The minimum absolute atomic E-state index is 0.0460. The van der Waals surface area contributed by atoms with Gasteiger partial charge in [0.1, 0.15) is 0 Å². The van der Waals surface area contributed by atoms with Crippen LogP contribution < -0.4 is 11.1 Å². The number of likely N-dealkylation sites (tertiary alicyclic amines) is 1. The fourth-order valence-corrected chi connectivity index (χ4v) is 1.39. The van der Waals surface area contributed by atoms with Crippen LogP contribution in [0.1, 0.15) is 13.3 Å². The number of carbonyl (C=O) groups excluding carboxylic acids is 1.